The van der Waals surface area contributed by atoms with Crippen molar-refractivity contribution in [3.63, 3.8) is 0 Å². The van der Waals surface area contributed by atoms with Gasteiger partial charge in [-0.25, -0.2) is 0 Å². The molecule has 0 radical (unpaired) electrons. The molecule has 0 atom stereocenters. The van der Waals surface area contributed by atoms with Crippen LogP contribution in [0.3, 0.4) is 0 Å². The minimum atomic E-state index is -0.324. The average Bonchev–Trinajstić information content (AvgIpc) is 2.05. The molecule has 0 heterocycles. The molecule has 0 N–H and O–H groups in total. The van der Waals surface area contributed by atoms with Crippen LogP contribution in [0.2, 0.25) is 0 Å². The predicted octanol–water partition coefficient (Wildman–Crippen LogP) is 2.04. The number of benzene rings is 1. The van der Waals surface area contributed by atoms with Gasteiger partial charge in [-0.1, -0.05) is 18.2 Å². The smallest absolute Gasteiger partial charge is 0.267 e. The normalized spacial score (nSPS) is 9.17. The molecule has 1 aromatic rings. The van der Waals surface area contributed by atoms with E-state index in [1.807, 2.05) is 6.07 Å². The molecule has 0 fully saturated rings. The van der Waals surface area contributed by atoms with Crippen molar-refractivity contribution in [3.05, 3.63) is 35.9 Å². The lowest BCUT2D eigenvalue weighted by molar-refractivity contribution is 0.100. The van der Waals surface area contributed by atoms with Crippen molar-refractivity contribution in [2.24, 2.45) is 4.99 Å². The van der Waals surface area contributed by atoms with Gasteiger partial charge >= 0.3 is 0 Å². The monoisotopic (exact) mass is 197 g/mol. The van der Waals surface area contributed by atoms with Crippen LogP contribution >= 0.6 is 25.3 Å². The Balaban J connectivity index is 2.87. The largest absolute Gasteiger partial charge is 0.278 e. The molecule has 0 aliphatic heterocycles. The molecule has 4 heteroatoms. The lowest BCUT2D eigenvalue weighted by atomic mass is 10.2. The summed E-state index contributed by atoms with van der Waals surface area (Å²) in [6.07, 6.45) is 0. The zero-order valence-electron chi connectivity index (χ0n) is 6.14. The van der Waals surface area contributed by atoms with Crippen molar-refractivity contribution >= 4 is 35.5 Å². The Bertz CT molecular complexity index is 304. The third-order valence-electron chi connectivity index (χ3n) is 1.22. The molecule has 0 aliphatic rings. The first kappa shape index (κ1) is 9.35. The van der Waals surface area contributed by atoms with Crippen molar-refractivity contribution in [2.45, 2.75) is 0 Å². The SMILES string of the molecule is O=C(N=C(S)S)c1ccccc1. The van der Waals surface area contributed by atoms with Crippen LogP contribution in [-0.4, -0.2) is 10.3 Å². The summed E-state index contributed by atoms with van der Waals surface area (Å²) in [5, 5.41) is 0. The third kappa shape index (κ3) is 2.71. The van der Waals surface area contributed by atoms with Crippen molar-refractivity contribution in [1.82, 2.24) is 0 Å². The Morgan fingerprint density at radius 3 is 2.25 bits per heavy atom. The van der Waals surface area contributed by atoms with E-state index in [1.165, 1.54) is 0 Å². The van der Waals surface area contributed by atoms with Gasteiger partial charge in [0.1, 0.15) is 4.38 Å². The van der Waals surface area contributed by atoms with Crippen LogP contribution in [0.5, 0.6) is 0 Å². The van der Waals surface area contributed by atoms with E-state index in [9.17, 15) is 4.79 Å². The van der Waals surface area contributed by atoms with Gasteiger partial charge in [0.05, 0.1) is 0 Å². The van der Waals surface area contributed by atoms with Crippen molar-refractivity contribution in [1.29, 1.82) is 0 Å². The highest BCUT2D eigenvalue weighted by atomic mass is 32.2. The second-order valence-electron chi connectivity index (χ2n) is 2.08. The molecule has 0 spiro atoms. The highest BCUT2D eigenvalue weighted by molar-refractivity contribution is 8.23. The van der Waals surface area contributed by atoms with Crippen LogP contribution in [0.25, 0.3) is 0 Å². The predicted molar refractivity (Wildman–Crippen MR) is 56.2 cm³/mol. The lowest BCUT2D eigenvalue weighted by Gasteiger charge is -1.92. The minimum Gasteiger partial charge on any atom is -0.267 e. The van der Waals surface area contributed by atoms with Crippen molar-refractivity contribution < 1.29 is 4.79 Å². The fourth-order valence-electron chi connectivity index (χ4n) is 0.736. The Morgan fingerprint density at radius 1 is 1.17 bits per heavy atom. The summed E-state index contributed by atoms with van der Waals surface area (Å²) < 4.78 is 0.170. The van der Waals surface area contributed by atoms with Gasteiger partial charge in [0, 0.05) is 5.56 Å². The lowest BCUT2D eigenvalue weighted by Crippen LogP contribution is -1.94. The Morgan fingerprint density at radius 2 is 1.75 bits per heavy atom. The number of hydrogen-bond acceptors (Lipinski definition) is 1. The molecule has 1 rings (SSSR count). The second-order valence-corrected chi connectivity index (χ2v) is 3.28. The zero-order valence-corrected chi connectivity index (χ0v) is 7.93. The van der Waals surface area contributed by atoms with Gasteiger partial charge in [0.2, 0.25) is 0 Å². The van der Waals surface area contributed by atoms with Crippen LogP contribution in [0.4, 0.5) is 0 Å². The van der Waals surface area contributed by atoms with E-state index >= 15 is 0 Å². The Labute approximate surface area is 81.5 Å². The molecule has 0 aliphatic carbocycles. The van der Waals surface area contributed by atoms with E-state index in [0.29, 0.717) is 5.56 Å². The molecule has 0 bridgehead atoms. The van der Waals surface area contributed by atoms with Crippen LogP contribution in [0, 0.1) is 0 Å². The van der Waals surface area contributed by atoms with Crippen LogP contribution in [0.15, 0.2) is 35.3 Å². The summed E-state index contributed by atoms with van der Waals surface area (Å²) in [7, 11) is 0. The quantitative estimate of drug-likeness (QED) is 0.403. The maximum atomic E-state index is 11.2. The summed E-state index contributed by atoms with van der Waals surface area (Å²) in [6.45, 7) is 0. The van der Waals surface area contributed by atoms with Gasteiger partial charge in [-0.2, -0.15) is 4.99 Å². The van der Waals surface area contributed by atoms with E-state index in [4.69, 9.17) is 0 Å². The van der Waals surface area contributed by atoms with Gasteiger partial charge in [0.25, 0.3) is 5.91 Å². The number of carbonyl (C=O) groups is 1. The molecule has 1 amide bonds. The molecular formula is C8H7NOS2. The van der Waals surface area contributed by atoms with Crippen LogP contribution < -0.4 is 0 Å². The summed E-state index contributed by atoms with van der Waals surface area (Å²) in [6, 6.07) is 8.77. The van der Waals surface area contributed by atoms with E-state index in [1.54, 1.807) is 24.3 Å². The van der Waals surface area contributed by atoms with Crippen LogP contribution in [-0.2, 0) is 0 Å². The number of aliphatic imine (C=N–C) groups is 1. The van der Waals surface area contributed by atoms with Crippen LogP contribution in [0.1, 0.15) is 10.4 Å². The number of rotatable bonds is 1. The molecule has 0 saturated heterocycles. The summed E-state index contributed by atoms with van der Waals surface area (Å²) in [5.41, 5.74) is 0.540. The Hall–Kier alpha value is -0.740. The van der Waals surface area contributed by atoms with E-state index in [0.717, 1.165) is 0 Å². The fourth-order valence-corrected chi connectivity index (χ4v) is 0.918. The van der Waals surface area contributed by atoms with Gasteiger partial charge in [-0.3, -0.25) is 4.79 Å². The third-order valence-corrected chi connectivity index (χ3v) is 1.42. The standard InChI is InChI=1S/C8H7NOS2/c10-7(9-8(11)12)6-4-2-1-3-5-6/h1-5H,(H2,9,10,11,12). The van der Waals surface area contributed by atoms with Crippen molar-refractivity contribution in [2.75, 3.05) is 0 Å². The average molecular weight is 197 g/mol. The highest BCUT2D eigenvalue weighted by Gasteiger charge is 2.01. The fraction of sp³-hybridized carbons (Fsp3) is 0. The molecule has 1 aromatic carbocycles. The molecular weight excluding hydrogens is 190 g/mol. The minimum absolute atomic E-state index is 0.170. The maximum Gasteiger partial charge on any atom is 0.278 e. The first-order chi connectivity index (χ1) is 5.70. The van der Waals surface area contributed by atoms with Crippen molar-refractivity contribution in [3.8, 4) is 0 Å². The van der Waals surface area contributed by atoms with E-state index in [-0.39, 0.29) is 10.3 Å². The first-order valence-corrected chi connectivity index (χ1v) is 4.15. The van der Waals surface area contributed by atoms with Gasteiger partial charge < -0.3 is 0 Å². The summed E-state index contributed by atoms with van der Waals surface area (Å²) >= 11 is 7.56. The summed E-state index contributed by atoms with van der Waals surface area (Å²) in [4.78, 5) is 14.7. The van der Waals surface area contributed by atoms with Gasteiger partial charge in [-0.15, -0.1) is 25.3 Å². The number of thiol groups is 2. The molecule has 0 unspecified atom stereocenters. The topological polar surface area (TPSA) is 29.4 Å². The Kier molecular flexibility index (Phi) is 3.37. The highest BCUT2D eigenvalue weighted by Crippen LogP contribution is 2.02. The first-order valence-electron chi connectivity index (χ1n) is 3.26. The molecule has 12 heavy (non-hydrogen) atoms. The number of carbonyl (C=O) groups excluding carboxylic acids is 1. The second kappa shape index (κ2) is 4.33. The number of nitrogens with zero attached hydrogens (tertiary/aromatic N) is 1. The number of hydrogen-bond donors (Lipinski definition) is 2. The molecule has 62 valence electrons. The maximum absolute atomic E-state index is 11.2. The zero-order chi connectivity index (χ0) is 8.97. The summed E-state index contributed by atoms with van der Waals surface area (Å²) in [5.74, 6) is -0.324. The molecule has 2 nitrogen and oxygen atoms in total. The van der Waals surface area contributed by atoms with Gasteiger partial charge in [-0.05, 0) is 12.1 Å². The molecule has 0 aromatic heterocycles. The van der Waals surface area contributed by atoms with E-state index in [2.05, 4.69) is 30.2 Å². The molecule has 0 saturated carbocycles. The van der Waals surface area contributed by atoms with E-state index < -0.39 is 0 Å². The number of amides is 1. The van der Waals surface area contributed by atoms with Gasteiger partial charge in [0.15, 0.2) is 0 Å².